The Morgan fingerprint density at radius 1 is 1.04 bits per heavy atom. The number of alkyl halides is 3. The molecule has 0 saturated heterocycles. The molecule has 0 saturated carbocycles. The van der Waals surface area contributed by atoms with E-state index < -0.39 is 15.9 Å². The Morgan fingerprint density at radius 2 is 1.67 bits per heavy atom. The Hall–Kier alpha value is -0.360. The molecule has 0 radical (unpaired) electrons. The first-order valence-corrected chi connectivity index (χ1v) is 9.20. The molecule has 9 heteroatoms. The summed E-state index contributed by atoms with van der Waals surface area (Å²) in [6.45, 7) is 0. The van der Waals surface area contributed by atoms with Crippen LogP contribution in [0.1, 0.15) is 10.4 Å². The third-order valence-electron chi connectivity index (χ3n) is 2.96. The molecular formula is C15H10BrCl5N2O. The SMILES string of the molecule is O=C(N[C@@H](Nc1cccc(Cl)c1Cl)C(Cl)(Cl)Cl)c1ccc(Br)cc1. The van der Waals surface area contributed by atoms with Gasteiger partial charge in [0.25, 0.3) is 5.91 Å². The Kier molecular flexibility index (Phi) is 6.94. The van der Waals surface area contributed by atoms with E-state index in [2.05, 4.69) is 26.6 Å². The molecule has 0 aliphatic rings. The number of nitrogens with one attached hydrogen (secondary N) is 2. The number of hydrogen-bond acceptors (Lipinski definition) is 2. The molecular weight excluding hydrogens is 481 g/mol. The summed E-state index contributed by atoms with van der Waals surface area (Å²) in [5, 5.41) is 6.11. The average Bonchev–Trinajstić information content (AvgIpc) is 2.50. The quantitative estimate of drug-likeness (QED) is 0.390. The topological polar surface area (TPSA) is 41.1 Å². The van der Waals surface area contributed by atoms with E-state index >= 15 is 0 Å². The van der Waals surface area contributed by atoms with Crippen LogP contribution in [0.4, 0.5) is 5.69 Å². The van der Waals surface area contributed by atoms with Crippen LogP contribution in [-0.2, 0) is 0 Å². The number of carbonyl (C=O) groups is 1. The minimum Gasteiger partial charge on any atom is -0.361 e. The number of benzene rings is 2. The van der Waals surface area contributed by atoms with Gasteiger partial charge in [-0.2, -0.15) is 0 Å². The molecule has 2 rings (SSSR count). The van der Waals surface area contributed by atoms with E-state index in [-0.39, 0.29) is 5.02 Å². The molecule has 0 spiro atoms. The van der Waals surface area contributed by atoms with Crippen LogP contribution in [0, 0.1) is 0 Å². The monoisotopic (exact) mass is 488 g/mol. The molecule has 0 aromatic heterocycles. The summed E-state index contributed by atoms with van der Waals surface area (Å²) in [5.74, 6) is -0.413. The van der Waals surface area contributed by atoms with E-state index in [1.807, 2.05) is 0 Å². The third-order valence-corrected chi connectivity index (χ3v) is 4.96. The van der Waals surface area contributed by atoms with E-state index in [9.17, 15) is 4.79 Å². The second-order valence-electron chi connectivity index (χ2n) is 4.70. The highest BCUT2D eigenvalue weighted by atomic mass is 79.9. The Balaban J connectivity index is 2.21. The lowest BCUT2D eigenvalue weighted by Crippen LogP contribution is -2.49. The summed E-state index contributed by atoms with van der Waals surface area (Å²) in [5.41, 5.74) is 0.841. The minimum atomic E-state index is -1.82. The fourth-order valence-electron chi connectivity index (χ4n) is 1.79. The van der Waals surface area contributed by atoms with Gasteiger partial charge in [0.15, 0.2) is 0 Å². The van der Waals surface area contributed by atoms with Crippen molar-refractivity contribution in [2.45, 2.75) is 9.96 Å². The predicted octanol–water partition coefficient (Wildman–Crippen LogP) is 6.29. The summed E-state index contributed by atoms with van der Waals surface area (Å²) < 4.78 is -0.975. The highest BCUT2D eigenvalue weighted by Gasteiger charge is 2.34. The molecule has 0 aliphatic heterocycles. The van der Waals surface area contributed by atoms with E-state index in [1.165, 1.54) is 0 Å². The molecule has 0 bridgehead atoms. The molecule has 2 N–H and O–H groups in total. The Morgan fingerprint density at radius 3 is 2.25 bits per heavy atom. The van der Waals surface area contributed by atoms with Crippen LogP contribution in [0.2, 0.25) is 10.0 Å². The normalized spacial score (nSPS) is 12.6. The van der Waals surface area contributed by atoms with Crippen molar-refractivity contribution in [1.29, 1.82) is 0 Å². The average molecular weight is 491 g/mol. The summed E-state index contributed by atoms with van der Waals surface area (Å²) in [7, 11) is 0. The van der Waals surface area contributed by atoms with Gasteiger partial charge in [-0.15, -0.1) is 0 Å². The van der Waals surface area contributed by atoms with Gasteiger partial charge in [-0.05, 0) is 36.4 Å². The fourth-order valence-corrected chi connectivity index (χ4v) is 2.73. The maximum absolute atomic E-state index is 12.4. The molecule has 1 atom stereocenters. The molecule has 24 heavy (non-hydrogen) atoms. The number of hydrogen-bond donors (Lipinski definition) is 2. The number of carbonyl (C=O) groups excluding carboxylic acids is 1. The van der Waals surface area contributed by atoms with Gasteiger partial charge in [0, 0.05) is 10.0 Å². The van der Waals surface area contributed by atoms with Crippen LogP contribution < -0.4 is 10.6 Å². The van der Waals surface area contributed by atoms with Crippen LogP contribution in [0.25, 0.3) is 0 Å². The fraction of sp³-hybridized carbons (Fsp3) is 0.133. The first-order valence-electron chi connectivity index (χ1n) is 6.52. The van der Waals surface area contributed by atoms with Gasteiger partial charge in [0.1, 0.15) is 6.17 Å². The lowest BCUT2D eigenvalue weighted by atomic mass is 10.2. The van der Waals surface area contributed by atoms with Gasteiger partial charge in [-0.1, -0.05) is 80.0 Å². The molecule has 3 nitrogen and oxygen atoms in total. The van der Waals surface area contributed by atoms with Crippen molar-refractivity contribution in [2.24, 2.45) is 0 Å². The summed E-state index contributed by atoms with van der Waals surface area (Å²) in [4.78, 5) is 12.4. The third kappa shape index (κ3) is 5.32. The summed E-state index contributed by atoms with van der Waals surface area (Å²) in [6, 6.07) is 11.7. The largest absolute Gasteiger partial charge is 0.361 e. The highest BCUT2D eigenvalue weighted by molar-refractivity contribution is 9.10. The van der Waals surface area contributed by atoms with Crippen molar-refractivity contribution >= 4 is 85.5 Å². The van der Waals surface area contributed by atoms with E-state index in [1.54, 1.807) is 42.5 Å². The number of rotatable bonds is 4. The van der Waals surface area contributed by atoms with Crippen molar-refractivity contribution in [1.82, 2.24) is 5.32 Å². The van der Waals surface area contributed by atoms with E-state index in [0.717, 1.165) is 4.47 Å². The number of amides is 1. The second kappa shape index (κ2) is 8.35. The van der Waals surface area contributed by atoms with Gasteiger partial charge in [0.2, 0.25) is 3.79 Å². The van der Waals surface area contributed by atoms with Gasteiger partial charge in [-0.25, -0.2) is 0 Å². The van der Waals surface area contributed by atoms with Crippen molar-refractivity contribution in [2.75, 3.05) is 5.32 Å². The van der Waals surface area contributed by atoms with Crippen LogP contribution in [0.3, 0.4) is 0 Å². The van der Waals surface area contributed by atoms with Crippen molar-refractivity contribution in [3.63, 3.8) is 0 Å². The first-order chi connectivity index (χ1) is 11.2. The van der Waals surface area contributed by atoms with Crippen LogP contribution in [-0.4, -0.2) is 15.9 Å². The standard InChI is InChI=1S/C15H10BrCl5N2O/c16-9-6-4-8(5-7-9)13(24)23-14(15(19,20)21)22-11-3-1-2-10(17)12(11)18/h1-7,14,22H,(H,23,24)/t14-/m1/s1. The smallest absolute Gasteiger partial charge is 0.252 e. The van der Waals surface area contributed by atoms with Crippen LogP contribution in [0.15, 0.2) is 46.9 Å². The van der Waals surface area contributed by atoms with E-state index in [0.29, 0.717) is 16.3 Å². The zero-order valence-electron chi connectivity index (χ0n) is 11.8. The molecule has 2 aromatic carbocycles. The van der Waals surface area contributed by atoms with Crippen LogP contribution in [0.5, 0.6) is 0 Å². The van der Waals surface area contributed by atoms with Crippen molar-refractivity contribution in [3.05, 3.63) is 62.5 Å². The lowest BCUT2D eigenvalue weighted by Gasteiger charge is -2.28. The van der Waals surface area contributed by atoms with Gasteiger partial charge in [-0.3, -0.25) is 4.79 Å². The highest BCUT2D eigenvalue weighted by Crippen LogP contribution is 2.35. The molecule has 0 unspecified atom stereocenters. The van der Waals surface area contributed by atoms with Crippen molar-refractivity contribution in [3.8, 4) is 0 Å². The van der Waals surface area contributed by atoms with Gasteiger partial charge in [0.05, 0.1) is 15.7 Å². The Bertz CT molecular complexity index is 734. The predicted molar refractivity (Wildman–Crippen MR) is 106 cm³/mol. The maximum Gasteiger partial charge on any atom is 0.252 e. The lowest BCUT2D eigenvalue weighted by molar-refractivity contribution is 0.0942. The number of halogens is 6. The molecule has 1 amide bonds. The molecule has 2 aromatic rings. The zero-order valence-corrected chi connectivity index (χ0v) is 17.2. The molecule has 0 heterocycles. The molecule has 0 fully saturated rings. The maximum atomic E-state index is 12.4. The zero-order chi connectivity index (χ0) is 17.9. The minimum absolute atomic E-state index is 0.260. The van der Waals surface area contributed by atoms with Gasteiger partial charge < -0.3 is 10.6 Å². The van der Waals surface area contributed by atoms with Crippen molar-refractivity contribution < 1.29 is 4.79 Å². The number of anilines is 1. The van der Waals surface area contributed by atoms with Crippen LogP contribution >= 0.6 is 73.9 Å². The summed E-state index contributed by atoms with van der Waals surface area (Å²) >= 11 is 33.3. The Labute approximate surface area is 172 Å². The second-order valence-corrected chi connectivity index (χ2v) is 8.77. The van der Waals surface area contributed by atoms with E-state index in [4.69, 9.17) is 58.0 Å². The summed E-state index contributed by atoms with van der Waals surface area (Å²) in [6.07, 6.45) is -1.03. The van der Waals surface area contributed by atoms with Gasteiger partial charge >= 0.3 is 0 Å². The molecule has 128 valence electrons. The molecule has 0 aliphatic carbocycles. The first kappa shape index (κ1) is 20.0.